The molecular weight excluding hydrogens is 467 g/mol. The third-order valence-corrected chi connectivity index (χ3v) is 7.02. The second kappa shape index (κ2) is 7.39. The number of hydrogen-bond acceptors (Lipinski definition) is 7. The van der Waals surface area contributed by atoms with Crippen molar-refractivity contribution in [3.63, 3.8) is 0 Å². The minimum atomic E-state index is -4.88. The van der Waals surface area contributed by atoms with Crippen LogP contribution < -0.4 is 11.1 Å². The number of carbonyl (C=O) groups is 1. The molecule has 1 unspecified atom stereocenters. The molecule has 9 nitrogen and oxygen atoms in total. The third kappa shape index (κ3) is 3.55. The number of fused-ring (bicyclic) bond motifs is 2. The van der Waals surface area contributed by atoms with E-state index in [-0.39, 0.29) is 35.9 Å². The van der Waals surface area contributed by atoms with Crippen LogP contribution in [0.3, 0.4) is 0 Å². The molecule has 1 aromatic carbocycles. The molecule has 4 heterocycles. The van der Waals surface area contributed by atoms with Crippen LogP contribution in [0.1, 0.15) is 41.4 Å². The van der Waals surface area contributed by atoms with Crippen LogP contribution in [0.2, 0.25) is 0 Å². The number of aromatic nitrogens is 3. The molecule has 1 atom stereocenters. The van der Waals surface area contributed by atoms with E-state index in [1.807, 2.05) is 0 Å². The summed E-state index contributed by atoms with van der Waals surface area (Å²) in [4.78, 5) is 21.4. The third-order valence-electron chi connectivity index (χ3n) is 7.02. The summed E-state index contributed by atoms with van der Waals surface area (Å²) in [5.41, 5.74) is 3.08. The summed E-state index contributed by atoms with van der Waals surface area (Å²) in [6, 6.07) is 3.95. The first-order chi connectivity index (χ1) is 16.3. The highest BCUT2D eigenvalue weighted by atomic mass is 19.4. The molecule has 6 rings (SSSR count). The molecule has 0 spiro atoms. The molecule has 2 saturated heterocycles. The molecule has 186 valence electrons. The number of benzene rings is 1. The van der Waals surface area contributed by atoms with E-state index in [0.29, 0.717) is 36.6 Å². The lowest BCUT2D eigenvalue weighted by Crippen LogP contribution is -2.60. The van der Waals surface area contributed by atoms with Crippen LogP contribution in [-0.4, -0.2) is 61.0 Å². The maximum atomic E-state index is 13.4. The number of anilines is 1. The highest BCUT2D eigenvalue weighted by Crippen LogP contribution is 2.51. The lowest BCUT2D eigenvalue weighted by molar-refractivity contribution is -0.258. The normalized spacial score (nSPS) is 25.3. The standard InChI is InChI=1S/C23H24F3N5O4/c1-12-3-4-13(20(2,34)23(24,25)26)5-14(12)16-6-28-18-17(27)29-15(7-31(16)18)19(33)30-21-8-22(9-21,10-32)35-11-21/h3-7,32,34H,8-11H2,1-2H3,(H2,27,29)(H,30,33). The number of nitrogens with two attached hydrogens (primary N) is 1. The first kappa shape index (κ1) is 23.5. The fourth-order valence-corrected chi connectivity index (χ4v) is 4.95. The molecule has 3 aromatic rings. The molecule has 3 fully saturated rings. The van der Waals surface area contributed by atoms with Crippen molar-refractivity contribution < 1.29 is 32.9 Å². The van der Waals surface area contributed by atoms with Crippen LogP contribution in [0.15, 0.2) is 30.6 Å². The number of rotatable bonds is 5. The molecule has 1 saturated carbocycles. The molecule has 2 bridgehead atoms. The Morgan fingerprint density at radius 1 is 1.34 bits per heavy atom. The maximum absolute atomic E-state index is 13.4. The van der Waals surface area contributed by atoms with Crippen molar-refractivity contribution in [2.24, 2.45) is 0 Å². The molecular formula is C23H24F3N5O4. The SMILES string of the molecule is Cc1ccc(C(C)(O)C(F)(F)F)cc1-c1cnc2c(N)nc(C(=O)NC34COC(CO)(C3)C4)cn12. The number of ether oxygens (including phenoxy) is 1. The average Bonchev–Trinajstić information content (AvgIpc) is 3.45. The number of aliphatic hydroxyl groups excluding tert-OH is 1. The fourth-order valence-electron chi connectivity index (χ4n) is 4.95. The number of alkyl halides is 3. The van der Waals surface area contributed by atoms with Crippen molar-refractivity contribution in [1.29, 1.82) is 0 Å². The Kier molecular flexibility index (Phi) is 4.97. The van der Waals surface area contributed by atoms with Crippen LogP contribution in [0, 0.1) is 6.92 Å². The van der Waals surface area contributed by atoms with Crippen molar-refractivity contribution in [2.75, 3.05) is 18.9 Å². The first-order valence-corrected chi connectivity index (χ1v) is 10.9. The van der Waals surface area contributed by atoms with Crippen LogP contribution in [0.25, 0.3) is 16.9 Å². The summed E-state index contributed by atoms with van der Waals surface area (Å²) in [7, 11) is 0. The summed E-state index contributed by atoms with van der Waals surface area (Å²) in [6.07, 6.45) is -1.06. The number of amides is 1. The number of aryl methyl sites for hydroxylation is 1. The van der Waals surface area contributed by atoms with Crippen molar-refractivity contribution in [3.8, 4) is 11.3 Å². The van der Waals surface area contributed by atoms with Gasteiger partial charge in [-0.2, -0.15) is 13.2 Å². The van der Waals surface area contributed by atoms with Gasteiger partial charge >= 0.3 is 6.18 Å². The smallest absolute Gasteiger partial charge is 0.393 e. The Labute approximate surface area is 197 Å². The van der Waals surface area contributed by atoms with E-state index < -0.39 is 28.8 Å². The number of halogens is 3. The molecule has 2 aromatic heterocycles. The summed E-state index contributed by atoms with van der Waals surface area (Å²) < 4.78 is 47.4. The predicted molar refractivity (Wildman–Crippen MR) is 118 cm³/mol. The van der Waals surface area contributed by atoms with E-state index >= 15 is 0 Å². The summed E-state index contributed by atoms with van der Waals surface area (Å²) in [5, 5.41) is 22.5. The largest absolute Gasteiger partial charge is 0.421 e. The van der Waals surface area contributed by atoms with Gasteiger partial charge in [-0.15, -0.1) is 0 Å². The van der Waals surface area contributed by atoms with Crippen molar-refractivity contribution >= 4 is 17.4 Å². The van der Waals surface area contributed by atoms with Gasteiger partial charge in [0.1, 0.15) is 5.69 Å². The molecule has 5 N–H and O–H groups in total. The average molecular weight is 491 g/mol. The molecule has 1 aliphatic carbocycles. The topological polar surface area (TPSA) is 135 Å². The number of nitrogens with one attached hydrogen (secondary N) is 1. The highest BCUT2D eigenvalue weighted by Gasteiger charge is 2.63. The van der Waals surface area contributed by atoms with E-state index in [1.54, 1.807) is 6.92 Å². The van der Waals surface area contributed by atoms with Gasteiger partial charge in [0.15, 0.2) is 17.1 Å². The van der Waals surface area contributed by atoms with Crippen LogP contribution in [0.4, 0.5) is 19.0 Å². The lowest BCUT2D eigenvalue weighted by atomic mass is 9.69. The number of carbonyl (C=O) groups excluding carboxylic acids is 1. The first-order valence-electron chi connectivity index (χ1n) is 10.9. The van der Waals surface area contributed by atoms with Gasteiger partial charge in [0.2, 0.25) is 0 Å². The number of hydrogen-bond donors (Lipinski definition) is 4. The fraction of sp³-hybridized carbons (Fsp3) is 0.435. The Hall–Kier alpha value is -3.22. The van der Waals surface area contributed by atoms with Gasteiger partial charge in [-0.25, -0.2) is 9.97 Å². The van der Waals surface area contributed by atoms with E-state index in [1.165, 1.54) is 35.0 Å². The quantitative estimate of drug-likeness (QED) is 0.429. The van der Waals surface area contributed by atoms with Crippen molar-refractivity contribution in [2.45, 2.75) is 49.6 Å². The van der Waals surface area contributed by atoms with E-state index in [9.17, 15) is 28.2 Å². The molecule has 2 aliphatic heterocycles. The zero-order valence-corrected chi connectivity index (χ0v) is 19.0. The van der Waals surface area contributed by atoms with E-state index in [4.69, 9.17) is 10.5 Å². The van der Waals surface area contributed by atoms with Crippen LogP contribution in [0.5, 0.6) is 0 Å². The van der Waals surface area contributed by atoms with E-state index in [2.05, 4.69) is 15.3 Å². The van der Waals surface area contributed by atoms with Crippen molar-refractivity contribution in [3.05, 3.63) is 47.4 Å². The summed E-state index contributed by atoms with van der Waals surface area (Å²) in [5.74, 6) is -0.528. The zero-order chi connectivity index (χ0) is 25.4. The summed E-state index contributed by atoms with van der Waals surface area (Å²) in [6.45, 7) is 2.55. The van der Waals surface area contributed by atoms with Gasteiger partial charge in [0, 0.05) is 24.6 Å². The Morgan fingerprint density at radius 3 is 2.69 bits per heavy atom. The van der Waals surface area contributed by atoms with Gasteiger partial charge in [0.25, 0.3) is 5.91 Å². The molecule has 12 heteroatoms. The van der Waals surface area contributed by atoms with Gasteiger partial charge in [-0.1, -0.05) is 12.1 Å². The second-order valence-electron chi connectivity index (χ2n) is 9.67. The Morgan fingerprint density at radius 2 is 2.06 bits per heavy atom. The zero-order valence-electron chi connectivity index (χ0n) is 19.0. The summed E-state index contributed by atoms with van der Waals surface area (Å²) >= 11 is 0. The molecule has 35 heavy (non-hydrogen) atoms. The minimum Gasteiger partial charge on any atom is -0.393 e. The van der Waals surface area contributed by atoms with Crippen LogP contribution >= 0.6 is 0 Å². The highest BCUT2D eigenvalue weighted by molar-refractivity contribution is 5.94. The molecule has 3 aliphatic rings. The van der Waals surface area contributed by atoms with Crippen LogP contribution in [-0.2, 0) is 10.3 Å². The number of nitrogen functional groups attached to an aromatic ring is 1. The lowest BCUT2D eigenvalue weighted by Gasteiger charge is -2.43. The second-order valence-corrected chi connectivity index (χ2v) is 9.67. The molecule has 0 radical (unpaired) electrons. The van der Waals surface area contributed by atoms with Gasteiger partial charge < -0.3 is 26.0 Å². The maximum Gasteiger partial charge on any atom is 0.421 e. The van der Waals surface area contributed by atoms with Gasteiger partial charge in [0.05, 0.1) is 36.2 Å². The number of nitrogens with zero attached hydrogens (tertiary/aromatic N) is 3. The minimum absolute atomic E-state index is 0.00637. The molecule has 1 amide bonds. The predicted octanol–water partition coefficient (Wildman–Crippen LogP) is 2.08. The Balaban J connectivity index is 1.53. The van der Waals surface area contributed by atoms with Crippen molar-refractivity contribution in [1.82, 2.24) is 19.7 Å². The number of imidazole rings is 1. The monoisotopic (exact) mass is 491 g/mol. The Bertz CT molecular complexity index is 1340. The van der Waals surface area contributed by atoms with E-state index in [0.717, 1.165) is 0 Å². The number of aliphatic hydroxyl groups is 2. The van der Waals surface area contributed by atoms with Gasteiger partial charge in [-0.3, -0.25) is 9.20 Å². The van der Waals surface area contributed by atoms with Gasteiger partial charge in [-0.05, 0) is 31.0 Å².